The van der Waals surface area contributed by atoms with Crippen molar-refractivity contribution in [3.63, 3.8) is 0 Å². The first kappa shape index (κ1) is 14.2. The first-order chi connectivity index (χ1) is 9.06. The summed E-state index contributed by atoms with van der Waals surface area (Å²) in [4.78, 5) is 2.17. The maximum Gasteiger partial charge on any atom is 0.137 e. The summed E-state index contributed by atoms with van der Waals surface area (Å²) in [5.74, 6) is -0.207. The lowest BCUT2D eigenvalue weighted by atomic mass is 10.1. The number of nitrogens with zero attached hydrogens (tertiary/aromatic N) is 1. The molecule has 1 nitrogen and oxygen atoms in total. The minimum atomic E-state index is -0.207. The van der Waals surface area contributed by atoms with Crippen LogP contribution in [0.4, 0.5) is 4.39 Å². The Hall–Kier alpha value is -1.19. The Kier molecular flexibility index (Phi) is 4.72. The molecule has 0 fully saturated rings. The highest BCUT2D eigenvalue weighted by Crippen LogP contribution is 2.22. The zero-order chi connectivity index (χ0) is 13.8. The van der Waals surface area contributed by atoms with Crippen molar-refractivity contribution in [3.05, 3.63) is 69.4 Å². The molecule has 0 aliphatic rings. The summed E-state index contributed by atoms with van der Waals surface area (Å²) in [5, 5.41) is 0. The number of rotatable bonds is 4. The Morgan fingerprint density at radius 3 is 2.58 bits per heavy atom. The van der Waals surface area contributed by atoms with E-state index >= 15 is 0 Å². The fourth-order valence-corrected chi connectivity index (χ4v) is 2.53. The van der Waals surface area contributed by atoms with Crippen molar-refractivity contribution < 1.29 is 4.39 Å². The molecule has 19 heavy (non-hydrogen) atoms. The van der Waals surface area contributed by atoms with Crippen LogP contribution in [-0.4, -0.2) is 11.9 Å². The van der Waals surface area contributed by atoms with Crippen LogP contribution in [0.1, 0.15) is 16.7 Å². The molecule has 100 valence electrons. The van der Waals surface area contributed by atoms with Gasteiger partial charge in [-0.15, -0.1) is 0 Å². The van der Waals surface area contributed by atoms with Gasteiger partial charge in [-0.3, -0.25) is 4.90 Å². The maximum atomic E-state index is 13.4. The van der Waals surface area contributed by atoms with E-state index in [1.165, 1.54) is 17.2 Å². The molecule has 0 atom stereocenters. The number of hydrogen-bond acceptors (Lipinski definition) is 1. The monoisotopic (exact) mass is 321 g/mol. The van der Waals surface area contributed by atoms with E-state index in [9.17, 15) is 4.39 Å². The Morgan fingerprint density at radius 2 is 1.84 bits per heavy atom. The molecule has 0 saturated carbocycles. The lowest BCUT2D eigenvalue weighted by Crippen LogP contribution is -2.17. The number of halogens is 2. The molecule has 0 unspecified atom stereocenters. The average molecular weight is 322 g/mol. The molecule has 2 rings (SSSR count). The molecule has 2 aromatic rings. The predicted molar refractivity (Wildman–Crippen MR) is 80.5 cm³/mol. The van der Waals surface area contributed by atoms with Gasteiger partial charge in [0.2, 0.25) is 0 Å². The molecular weight excluding hydrogens is 305 g/mol. The van der Waals surface area contributed by atoms with Gasteiger partial charge in [-0.1, -0.05) is 42.0 Å². The largest absolute Gasteiger partial charge is 0.298 e. The summed E-state index contributed by atoms with van der Waals surface area (Å²) in [7, 11) is 2.04. The highest BCUT2D eigenvalue weighted by atomic mass is 79.9. The molecule has 0 aromatic heterocycles. The second kappa shape index (κ2) is 6.31. The summed E-state index contributed by atoms with van der Waals surface area (Å²) < 4.78 is 14.0. The first-order valence-corrected chi connectivity index (χ1v) is 7.02. The third kappa shape index (κ3) is 3.88. The van der Waals surface area contributed by atoms with Gasteiger partial charge in [0.05, 0.1) is 4.47 Å². The first-order valence-electron chi connectivity index (χ1n) is 6.23. The van der Waals surface area contributed by atoms with Gasteiger partial charge in [0.1, 0.15) is 5.82 Å². The van der Waals surface area contributed by atoms with E-state index in [0.717, 1.165) is 12.1 Å². The van der Waals surface area contributed by atoms with Crippen LogP contribution in [0.2, 0.25) is 0 Å². The van der Waals surface area contributed by atoms with Gasteiger partial charge < -0.3 is 0 Å². The summed E-state index contributed by atoms with van der Waals surface area (Å²) in [6.07, 6.45) is 0. The van der Waals surface area contributed by atoms with Crippen LogP contribution in [0.15, 0.2) is 46.9 Å². The van der Waals surface area contributed by atoms with Crippen LogP contribution >= 0.6 is 15.9 Å². The summed E-state index contributed by atoms with van der Waals surface area (Å²) >= 11 is 3.30. The fourth-order valence-electron chi connectivity index (χ4n) is 2.14. The molecule has 0 radical (unpaired) electrons. The van der Waals surface area contributed by atoms with Crippen LogP contribution in [0.5, 0.6) is 0 Å². The molecular formula is C16H17BrFN. The van der Waals surface area contributed by atoms with Gasteiger partial charge in [0.25, 0.3) is 0 Å². The third-order valence-corrected chi connectivity index (χ3v) is 3.89. The van der Waals surface area contributed by atoms with Gasteiger partial charge >= 0.3 is 0 Å². The quantitative estimate of drug-likeness (QED) is 0.799. The van der Waals surface area contributed by atoms with Crippen molar-refractivity contribution in [2.45, 2.75) is 20.0 Å². The van der Waals surface area contributed by atoms with Gasteiger partial charge in [-0.2, -0.15) is 0 Å². The van der Waals surface area contributed by atoms with Crippen molar-refractivity contribution in [2.24, 2.45) is 0 Å². The summed E-state index contributed by atoms with van der Waals surface area (Å²) in [6, 6.07) is 13.6. The number of benzene rings is 2. The van der Waals surface area contributed by atoms with Crippen LogP contribution < -0.4 is 0 Å². The molecule has 0 N–H and O–H groups in total. The van der Waals surface area contributed by atoms with Crippen LogP contribution in [0.3, 0.4) is 0 Å². The average Bonchev–Trinajstić information content (AvgIpc) is 2.35. The van der Waals surface area contributed by atoms with Crippen LogP contribution in [-0.2, 0) is 13.1 Å². The third-order valence-electron chi connectivity index (χ3n) is 3.01. The van der Waals surface area contributed by atoms with Crippen LogP contribution in [0, 0.1) is 12.7 Å². The van der Waals surface area contributed by atoms with E-state index in [-0.39, 0.29) is 5.82 Å². The molecule has 0 aliphatic heterocycles. The minimum Gasteiger partial charge on any atom is -0.298 e. The second-order valence-electron chi connectivity index (χ2n) is 4.87. The SMILES string of the molecule is Cc1cccc(CN(C)Cc2cccc(F)c2Br)c1. The van der Waals surface area contributed by atoms with Crippen molar-refractivity contribution >= 4 is 15.9 Å². The molecule has 0 heterocycles. The normalized spacial score (nSPS) is 11.0. The molecule has 0 saturated heterocycles. The zero-order valence-electron chi connectivity index (χ0n) is 11.2. The Balaban J connectivity index is 2.05. The molecule has 0 aliphatic carbocycles. The van der Waals surface area contributed by atoms with E-state index in [1.807, 2.05) is 13.1 Å². The molecule has 0 amide bonds. The molecule has 2 aromatic carbocycles. The molecule has 3 heteroatoms. The highest BCUT2D eigenvalue weighted by Gasteiger charge is 2.08. The van der Waals surface area contributed by atoms with Gasteiger partial charge in [-0.05, 0) is 47.1 Å². The van der Waals surface area contributed by atoms with E-state index in [4.69, 9.17) is 0 Å². The summed E-state index contributed by atoms with van der Waals surface area (Å²) in [5.41, 5.74) is 3.50. The maximum absolute atomic E-state index is 13.4. The predicted octanol–water partition coefficient (Wildman–Crippen LogP) is 4.53. The standard InChI is InChI=1S/C16H17BrFN/c1-12-5-3-6-13(9-12)10-19(2)11-14-7-4-8-15(18)16(14)17/h3-9H,10-11H2,1-2H3. The van der Waals surface area contributed by atoms with Crippen molar-refractivity contribution in [1.29, 1.82) is 0 Å². The molecule has 0 bridgehead atoms. The topological polar surface area (TPSA) is 3.24 Å². The number of aryl methyl sites for hydroxylation is 1. The lowest BCUT2D eigenvalue weighted by molar-refractivity contribution is 0.318. The zero-order valence-corrected chi connectivity index (χ0v) is 12.7. The minimum absolute atomic E-state index is 0.207. The number of hydrogen-bond donors (Lipinski definition) is 0. The Morgan fingerprint density at radius 1 is 1.11 bits per heavy atom. The van der Waals surface area contributed by atoms with Gasteiger partial charge in [0, 0.05) is 13.1 Å². The van der Waals surface area contributed by atoms with E-state index in [0.29, 0.717) is 11.0 Å². The fraction of sp³-hybridized carbons (Fsp3) is 0.250. The Bertz CT molecular complexity index is 568. The van der Waals surface area contributed by atoms with E-state index < -0.39 is 0 Å². The Labute approximate surface area is 122 Å². The van der Waals surface area contributed by atoms with Crippen LogP contribution in [0.25, 0.3) is 0 Å². The van der Waals surface area contributed by atoms with Crippen molar-refractivity contribution in [2.75, 3.05) is 7.05 Å². The smallest absolute Gasteiger partial charge is 0.137 e. The highest BCUT2D eigenvalue weighted by molar-refractivity contribution is 9.10. The van der Waals surface area contributed by atoms with Crippen molar-refractivity contribution in [3.8, 4) is 0 Å². The second-order valence-corrected chi connectivity index (χ2v) is 5.67. The van der Waals surface area contributed by atoms with Gasteiger partial charge in [-0.25, -0.2) is 4.39 Å². The van der Waals surface area contributed by atoms with E-state index in [2.05, 4.69) is 52.0 Å². The lowest BCUT2D eigenvalue weighted by Gasteiger charge is -2.18. The van der Waals surface area contributed by atoms with Gasteiger partial charge in [0.15, 0.2) is 0 Å². The van der Waals surface area contributed by atoms with E-state index in [1.54, 1.807) is 6.07 Å². The van der Waals surface area contributed by atoms with Crippen molar-refractivity contribution in [1.82, 2.24) is 4.90 Å². The summed E-state index contributed by atoms with van der Waals surface area (Å²) in [6.45, 7) is 3.66. The molecule has 0 spiro atoms.